The highest BCUT2D eigenvalue weighted by Gasteiger charge is 2.27. The number of nitrogens with zero attached hydrogens (tertiary/aromatic N) is 3. The first kappa shape index (κ1) is 11.9. The van der Waals surface area contributed by atoms with E-state index < -0.39 is 0 Å². The fourth-order valence-corrected chi connectivity index (χ4v) is 1.85. The first-order valence-electron chi connectivity index (χ1n) is 6.33. The number of nitrogens with one attached hydrogen (secondary N) is 2. The standard InChI is InChI=1S/C13H16N6/c14-19-12-6-11(17-13(18-12)10-3-4-10)16-8-9-2-1-5-15-7-9/h1-2,5-7,10H,3-4,8,14H2,(H2,16,17,18,19). The molecule has 0 amide bonds. The lowest BCUT2D eigenvalue weighted by atomic mass is 10.3. The van der Waals surface area contributed by atoms with E-state index >= 15 is 0 Å². The van der Waals surface area contributed by atoms with Crippen molar-refractivity contribution in [3.8, 4) is 0 Å². The SMILES string of the molecule is NNc1cc(NCc2cccnc2)nc(C2CC2)n1. The van der Waals surface area contributed by atoms with E-state index in [2.05, 4.69) is 25.7 Å². The van der Waals surface area contributed by atoms with Crippen molar-refractivity contribution in [2.24, 2.45) is 5.84 Å². The van der Waals surface area contributed by atoms with Crippen LogP contribution in [-0.2, 0) is 6.54 Å². The third-order valence-electron chi connectivity index (χ3n) is 3.03. The van der Waals surface area contributed by atoms with Crippen LogP contribution < -0.4 is 16.6 Å². The van der Waals surface area contributed by atoms with Crippen molar-refractivity contribution < 1.29 is 0 Å². The predicted octanol–water partition coefficient (Wildman–Crippen LogP) is 1.65. The molecule has 0 saturated heterocycles. The van der Waals surface area contributed by atoms with Gasteiger partial charge in [0, 0.05) is 30.9 Å². The molecule has 6 heteroatoms. The molecule has 2 aromatic heterocycles. The maximum absolute atomic E-state index is 5.44. The summed E-state index contributed by atoms with van der Waals surface area (Å²) in [6.45, 7) is 0.680. The Balaban J connectivity index is 1.74. The van der Waals surface area contributed by atoms with Crippen molar-refractivity contribution in [2.75, 3.05) is 10.7 Å². The Labute approximate surface area is 111 Å². The van der Waals surface area contributed by atoms with Gasteiger partial charge in [0.1, 0.15) is 17.5 Å². The molecule has 2 aromatic rings. The van der Waals surface area contributed by atoms with Crippen LogP contribution in [0.1, 0.15) is 30.1 Å². The molecule has 1 aliphatic rings. The maximum Gasteiger partial charge on any atom is 0.145 e. The van der Waals surface area contributed by atoms with Crippen LogP contribution in [0.25, 0.3) is 0 Å². The molecule has 0 bridgehead atoms. The molecule has 1 fully saturated rings. The number of anilines is 2. The van der Waals surface area contributed by atoms with Gasteiger partial charge in [0.05, 0.1) is 0 Å². The molecule has 4 N–H and O–H groups in total. The third-order valence-corrected chi connectivity index (χ3v) is 3.03. The molecule has 0 unspecified atom stereocenters. The van der Waals surface area contributed by atoms with Gasteiger partial charge >= 0.3 is 0 Å². The van der Waals surface area contributed by atoms with Crippen molar-refractivity contribution in [3.63, 3.8) is 0 Å². The smallest absolute Gasteiger partial charge is 0.145 e. The Bertz CT molecular complexity index is 552. The Hall–Kier alpha value is -2.21. The number of hydrogen-bond acceptors (Lipinski definition) is 6. The Kier molecular flexibility index (Phi) is 3.24. The number of rotatable bonds is 5. The Morgan fingerprint density at radius 3 is 2.79 bits per heavy atom. The quantitative estimate of drug-likeness (QED) is 0.557. The largest absolute Gasteiger partial charge is 0.366 e. The third kappa shape index (κ3) is 2.97. The molecule has 3 rings (SSSR count). The van der Waals surface area contributed by atoms with Crippen molar-refractivity contribution >= 4 is 11.6 Å². The van der Waals surface area contributed by atoms with E-state index in [1.54, 1.807) is 6.20 Å². The molecule has 19 heavy (non-hydrogen) atoms. The van der Waals surface area contributed by atoms with E-state index in [9.17, 15) is 0 Å². The molecule has 1 aliphatic carbocycles. The van der Waals surface area contributed by atoms with Crippen LogP contribution in [0.2, 0.25) is 0 Å². The topological polar surface area (TPSA) is 88.8 Å². The monoisotopic (exact) mass is 256 g/mol. The molecule has 0 aromatic carbocycles. The molecular formula is C13H16N6. The van der Waals surface area contributed by atoms with Crippen molar-refractivity contribution in [1.29, 1.82) is 0 Å². The van der Waals surface area contributed by atoms with Crippen LogP contribution in [0.3, 0.4) is 0 Å². The Morgan fingerprint density at radius 2 is 2.11 bits per heavy atom. The van der Waals surface area contributed by atoms with Crippen molar-refractivity contribution in [1.82, 2.24) is 15.0 Å². The van der Waals surface area contributed by atoms with Crippen LogP contribution in [0, 0.1) is 0 Å². The number of nitrogen functional groups attached to an aromatic ring is 1. The molecule has 0 aliphatic heterocycles. The van der Waals surface area contributed by atoms with E-state index in [4.69, 9.17) is 5.84 Å². The number of aromatic nitrogens is 3. The molecule has 0 radical (unpaired) electrons. The summed E-state index contributed by atoms with van der Waals surface area (Å²) in [5.41, 5.74) is 3.69. The zero-order chi connectivity index (χ0) is 13.1. The summed E-state index contributed by atoms with van der Waals surface area (Å²) in [6, 6.07) is 5.74. The summed E-state index contributed by atoms with van der Waals surface area (Å²) < 4.78 is 0. The van der Waals surface area contributed by atoms with Crippen molar-refractivity contribution in [2.45, 2.75) is 25.3 Å². The first-order chi connectivity index (χ1) is 9.35. The fourth-order valence-electron chi connectivity index (χ4n) is 1.85. The maximum atomic E-state index is 5.44. The predicted molar refractivity (Wildman–Crippen MR) is 73.4 cm³/mol. The summed E-state index contributed by atoms with van der Waals surface area (Å²) in [5.74, 6) is 8.23. The number of hydrazine groups is 1. The van der Waals surface area contributed by atoms with Gasteiger partial charge in [-0.3, -0.25) is 4.98 Å². The summed E-state index contributed by atoms with van der Waals surface area (Å²) in [4.78, 5) is 13.0. The molecular weight excluding hydrogens is 240 g/mol. The molecule has 98 valence electrons. The molecule has 1 saturated carbocycles. The van der Waals surface area contributed by atoms with E-state index in [1.165, 1.54) is 0 Å². The molecule has 6 nitrogen and oxygen atoms in total. The van der Waals surface area contributed by atoms with Gasteiger partial charge in [-0.15, -0.1) is 0 Å². The second-order valence-corrected chi connectivity index (χ2v) is 4.63. The van der Waals surface area contributed by atoms with E-state index in [0.29, 0.717) is 18.3 Å². The summed E-state index contributed by atoms with van der Waals surface area (Å²) in [7, 11) is 0. The lowest BCUT2D eigenvalue weighted by Gasteiger charge is -2.09. The van der Waals surface area contributed by atoms with Gasteiger partial charge < -0.3 is 10.7 Å². The minimum Gasteiger partial charge on any atom is -0.366 e. The van der Waals surface area contributed by atoms with Gasteiger partial charge in [0.15, 0.2) is 0 Å². The Morgan fingerprint density at radius 1 is 1.26 bits per heavy atom. The average Bonchev–Trinajstić information content (AvgIpc) is 3.30. The van der Waals surface area contributed by atoms with Gasteiger partial charge in [-0.25, -0.2) is 15.8 Å². The molecule has 2 heterocycles. The number of pyridine rings is 1. The van der Waals surface area contributed by atoms with Gasteiger partial charge in [-0.2, -0.15) is 0 Å². The lowest BCUT2D eigenvalue weighted by Crippen LogP contribution is -2.12. The minimum atomic E-state index is 0.493. The minimum absolute atomic E-state index is 0.493. The number of nitrogens with two attached hydrogens (primary N) is 1. The van der Waals surface area contributed by atoms with E-state index in [1.807, 2.05) is 24.4 Å². The fraction of sp³-hybridized carbons (Fsp3) is 0.308. The zero-order valence-corrected chi connectivity index (χ0v) is 10.5. The van der Waals surface area contributed by atoms with Crippen LogP contribution in [-0.4, -0.2) is 15.0 Å². The molecule has 0 spiro atoms. The van der Waals surface area contributed by atoms with Gasteiger partial charge in [-0.1, -0.05) is 6.07 Å². The highest BCUT2D eigenvalue weighted by molar-refractivity contribution is 5.47. The molecule has 0 atom stereocenters. The second kappa shape index (κ2) is 5.19. The summed E-state index contributed by atoms with van der Waals surface area (Å²) >= 11 is 0. The van der Waals surface area contributed by atoms with Crippen molar-refractivity contribution in [3.05, 3.63) is 42.0 Å². The second-order valence-electron chi connectivity index (χ2n) is 4.63. The normalized spacial score (nSPS) is 14.2. The first-order valence-corrected chi connectivity index (χ1v) is 6.33. The summed E-state index contributed by atoms with van der Waals surface area (Å²) in [6.07, 6.45) is 5.92. The van der Waals surface area contributed by atoms with Gasteiger partial charge in [0.2, 0.25) is 0 Å². The average molecular weight is 256 g/mol. The highest BCUT2D eigenvalue weighted by atomic mass is 15.3. The van der Waals surface area contributed by atoms with E-state index in [-0.39, 0.29) is 0 Å². The van der Waals surface area contributed by atoms with Crippen LogP contribution >= 0.6 is 0 Å². The summed E-state index contributed by atoms with van der Waals surface area (Å²) in [5, 5.41) is 3.27. The van der Waals surface area contributed by atoms with Crippen LogP contribution in [0.4, 0.5) is 11.6 Å². The van der Waals surface area contributed by atoms with Gasteiger partial charge in [-0.05, 0) is 24.5 Å². The lowest BCUT2D eigenvalue weighted by molar-refractivity contribution is 0.919. The highest BCUT2D eigenvalue weighted by Crippen LogP contribution is 2.38. The van der Waals surface area contributed by atoms with Gasteiger partial charge in [0.25, 0.3) is 0 Å². The van der Waals surface area contributed by atoms with Crippen LogP contribution in [0.15, 0.2) is 30.6 Å². The van der Waals surface area contributed by atoms with Crippen LogP contribution in [0.5, 0.6) is 0 Å². The number of hydrogen-bond donors (Lipinski definition) is 3. The zero-order valence-electron chi connectivity index (χ0n) is 10.5. The van der Waals surface area contributed by atoms with E-state index in [0.717, 1.165) is 30.0 Å².